The van der Waals surface area contributed by atoms with Gasteiger partial charge in [0.1, 0.15) is 0 Å². The molecule has 6 nitrogen and oxygen atoms in total. The average Bonchev–Trinajstić information content (AvgIpc) is 1.25. The Kier molecular flexibility index (Phi) is 35.9. The molecule has 0 aromatic carbocycles. The van der Waals surface area contributed by atoms with Crippen LogP contribution in [0.15, 0.2) is 0 Å². The molecule has 0 bridgehead atoms. The van der Waals surface area contributed by atoms with Crippen LogP contribution in [0, 0.1) is 0 Å². The van der Waals surface area contributed by atoms with Crippen molar-refractivity contribution < 1.29 is 66.3 Å². The maximum Gasteiger partial charge on any atom is 2.00 e. The molecular formula is C2CoO6Zn. The van der Waals surface area contributed by atoms with E-state index in [0.29, 0.717) is 0 Å². The third-order valence-electron chi connectivity index (χ3n) is 0. The number of carbonyl (C=O) groups is 2. The second-order valence-electron chi connectivity index (χ2n) is 0.500. The summed E-state index contributed by atoms with van der Waals surface area (Å²) in [4.78, 5) is 16.7. The van der Waals surface area contributed by atoms with Gasteiger partial charge in [0.05, 0.1) is 0 Å². The van der Waals surface area contributed by atoms with Crippen LogP contribution in [-0.2, 0) is 36.3 Å². The standard InChI is InChI=1S/2CH2O3.Co.Zn/c2*2-1(3)4;;/h2*(H2,2,3,4);;/q;;2*+2/p-4. The van der Waals surface area contributed by atoms with E-state index in [2.05, 4.69) is 0 Å². The Labute approximate surface area is 78.8 Å². The first-order valence-corrected chi connectivity index (χ1v) is 1.22. The van der Waals surface area contributed by atoms with Crippen molar-refractivity contribution in [2.45, 2.75) is 0 Å². The second kappa shape index (κ2) is 15.9. The Morgan fingerprint density at radius 3 is 0.800 bits per heavy atom. The summed E-state index contributed by atoms with van der Waals surface area (Å²) in [5.41, 5.74) is 0. The topological polar surface area (TPSA) is 126 Å². The summed E-state index contributed by atoms with van der Waals surface area (Å²) in [6, 6.07) is 0. The van der Waals surface area contributed by atoms with Crippen LogP contribution in [0.3, 0.4) is 0 Å². The van der Waals surface area contributed by atoms with Crippen LogP contribution in [0.4, 0.5) is 9.59 Å². The van der Waals surface area contributed by atoms with E-state index in [9.17, 15) is 0 Å². The fourth-order valence-corrected chi connectivity index (χ4v) is 0. The van der Waals surface area contributed by atoms with Crippen LogP contribution < -0.4 is 20.4 Å². The number of rotatable bonds is 0. The van der Waals surface area contributed by atoms with Crippen molar-refractivity contribution in [3.8, 4) is 0 Å². The molecule has 0 aliphatic rings. The third-order valence-corrected chi connectivity index (χ3v) is 0. The number of hydrogen-bond donors (Lipinski definition) is 0. The van der Waals surface area contributed by atoms with E-state index in [1.54, 1.807) is 0 Å². The van der Waals surface area contributed by atoms with E-state index in [-0.39, 0.29) is 36.3 Å². The van der Waals surface area contributed by atoms with Gasteiger partial charge in [-0.2, -0.15) is 0 Å². The summed E-state index contributed by atoms with van der Waals surface area (Å²) >= 11 is 0. The van der Waals surface area contributed by atoms with Gasteiger partial charge in [-0.3, -0.25) is 0 Å². The SMILES string of the molecule is O=C([O-])[O-].O=C([O-])[O-].[Co+2].[Zn+2]. The van der Waals surface area contributed by atoms with Crippen molar-refractivity contribution in [1.29, 1.82) is 0 Å². The summed E-state index contributed by atoms with van der Waals surface area (Å²) in [6.45, 7) is 0. The number of hydrogen-bond acceptors (Lipinski definition) is 6. The molecule has 0 heterocycles. The Hall–Kier alpha value is -0.330. The van der Waals surface area contributed by atoms with Crippen molar-refractivity contribution in [3.63, 3.8) is 0 Å². The first-order chi connectivity index (χ1) is 3.46. The van der Waals surface area contributed by atoms with Crippen molar-refractivity contribution in [2.75, 3.05) is 0 Å². The predicted octanol–water partition coefficient (Wildman–Crippen LogP) is -4.90. The molecule has 0 aromatic rings. The summed E-state index contributed by atoms with van der Waals surface area (Å²) in [5.74, 6) is 0. The minimum Gasteiger partial charge on any atom is -0.652 e. The maximum atomic E-state index is 8.33. The normalized spacial score (nSPS) is 4.80. The molecule has 8 heteroatoms. The fourth-order valence-electron chi connectivity index (χ4n) is 0. The summed E-state index contributed by atoms with van der Waals surface area (Å²) < 4.78 is 0. The van der Waals surface area contributed by atoms with Crippen molar-refractivity contribution in [3.05, 3.63) is 0 Å². The molecule has 0 amide bonds. The van der Waals surface area contributed by atoms with Crippen LogP contribution in [0.25, 0.3) is 0 Å². The van der Waals surface area contributed by atoms with Crippen molar-refractivity contribution in [1.82, 2.24) is 0 Å². The number of carbonyl (C=O) groups excluding carboxylic acids is 2. The van der Waals surface area contributed by atoms with Gasteiger partial charge < -0.3 is 30.0 Å². The Morgan fingerprint density at radius 1 is 0.800 bits per heavy atom. The fraction of sp³-hybridized carbons (Fsp3) is 0. The predicted molar refractivity (Wildman–Crippen MR) is 10.8 cm³/mol. The summed E-state index contributed by atoms with van der Waals surface area (Å²) in [7, 11) is 0. The van der Waals surface area contributed by atoms with E-state index >= 15 is 0 Å². The first-order valence-electron chi connectivity index (χ1n) is 1.22. The van der Waals surface area contributed by atoms with Crippen molar-refractivity contribution in [2.24, 2.45) is 0 Å². The van der Waals surface area contributed by atoms with E-state index in [4.69, 9.17) is 30.0 Å². The van der Waals surface area contributed by atoms with Gasteiger partial charge in [0.25, 0.3) is 0 Å². The molecule has 0 aliphatic heterocycles. The van der Waals surface area contributed by atoms with Gasteiger partial charge in [-0.25, -0.2) is 0 Å². The summed E-state index contributed by atoms with van der Waals surface area (Å²) in [5, 5.41) is 33.3. The average molecular weight is 244 g/mol. The molecule has 0 unspecified atom stereocenters. The first kappa shape index (κ1) is 22.6. The molecule has 0 spiro atoms. The van der Waals surface area contributed by atoms with E-state index in [1.807, 2.05) is 0 Å². The van der Waals surface area contributed by atoms with Crippen LogP contribution >= 0.6 is 0 Å². The molecule has 10 heavy (non-hydrogen) atoms. The molecule has 0 saturated heterocycles. The quantitative estimate of drug-likeness (QED) is 0.393. The molecule has 0 atom stereocenters. The van der Waals surface area contributed by atoms with Gasteiger partial charge in [-0.1, -0.05) is 0 Å². The Balaban J connectivity index is -0.0000000300. The molecule has 0 aliphatic carbocycles. The molecule has 0 rings (SSSR count). The zero-order valence-electron chi connectivity index (χ0n) is 4.49. The van der Waals surface area contributed by atoms with Crippen LogP contribution in [-0.4, -0.2) is 12.3 Å². The smallest absolute Gasteiger partial charge is 0.652 e. The largest absolute Gasteiger partial charge is 2.00 e. The molecule has 0 N–H and O–H groups in total. The molecule has 0 aromatic heterocycles. The molecule has 1 radical (unpaired) electrons. The van der Waals surface area contributed by atoms with Gasteiger partial charge >= 0.3 is 36.3 Å². The van der Waals surface area contributed by atoms with Gasteiger partial charge in [0.2, 0.25) is 0 Å². The third kappa shape index (κ3) is 3130. The van der Waals surface area contributed by atoms with E-state index in [0.717, 1.165) is 0 Å². The minimum atomic E-state index is -2.33. The minimum absolute atomic E-state index is 0. The van der Waals surface area contributed by atoms with Gasteiger partial charge in [0.15, 0.2) is 0 Å². The van der Waals surface area contributed by atoms with Crippen LogP contribution in [0.1, 0.15) is 0 Å². The monoisotopic (exact) mass is 243 g/mol. The molecule has 0 fully saturated rings. The Bertz CT molecular complexity index is 73.7. The van der Waals surface area contributed by atoms with Gasteiger partial charge in [0, 0.05) is 0 Å². The van der Waals surface area contributed by atoms with Crippen LogP contribution in [0.5, 0.6) is 0 Å². The molecule has 0 saturated carbocycles. The number of carboxylic acid groups (broad SMARTS) is 4. The van der Waals surface area contributed by atoms with Gasteiger partial charge in [-0.15, -0.1) is 0 Å². The van der Waals surface area contributed by atoms with E-state index < -0.39 is 12.3 Å². The van der Waals surface area contributed by atoms with Crippen molar-refractivity contribution >= 4 is 12.3 Å². The van der Waals surface area contributed by atoms with E-state index in [1.165, 1.54) is 0 Å². The molecular weight excluding hydrogens is 244 g/mol. The molecule has 55 valence electrons. The van der Waals surface area contributed by atoms with Gasteiger partial charge in [-0.05, 0) is 12.3 Å². The zero-order chi connectivity index (χ0) is 7.15. The second-order valence-corrected chi connectivity index (χ2v) is 0.500. The maximum absolute atomic E-state index is 8.33. The Morgan fingerprint density at radius 2 is 0.800 bits per heavy atom. The summed E-state index contributed by atoms with van der Waals surface area (Å²) in [6.07, 6.45) is -4.67. The van der Waals surface area contributed by atoms with Crippen LogP contribution in [0.2, 0.25) is 0 Å². The zero-order valence-corrected chi connectivity index (χ0v) is 8.50.